The van der Waals surface area contributed by atoms with Crippen LogP contribution in [0.15, 0.2) is 122 Å². The third kappa shape index (κ3) is 25.6. The zero-order valence-electron chi connectivity index (χ0n) is 51.4. The first-order chi connectivity index (χ1) is 41.8. The first-order valence-electron chi connectivity index (χ1n) is 27.5. The van der Waals surface area contributed by atoms with E-state index in [1.807, 2.05) is 50.2 Å². The van der Waals surface area contributed by atoms with Gasteiger partial charge in [-0.05, 0) is 89.8 Å². The smallest absolute Gasteiger partial charge is 0.347 e. The molecule has 0 spiro atoms. The van der Waals surface area contributed by atoms with Crippen LogP contribution in [0.5, 0.6) is 11.5 Å². The van der Waals surface area contributed by atoms with Crippen molar-refractivity contribution in [2.45, 2.75) is 128 Å². The van der Waals surface area contributed by atoms with Crippen LogP contribution in [-0.4, -0.2) is 144 Å². The Morgan fingerprint density at radius 1 is 0.644 bits per heavy atom. The number of carbonyl (C=O) groups excluding carboxylic acids is 9. The Bertz CT molecular complexity index is 3190. The van der Waals surface area contributed by atoms with E-state index in [4.69, 9.17) is 23.2 Å². The summed E-state index contributed by atoms with van der Waals surface area (Å²) in [5.41, 5.74) is 2.82. The lowest BCUT2D eigenvalue weighted by Crippen LogP contribution is -2.59. The number of carboxylic acids is 1. The largest absolute Gasteiger partial charge is 0.478 e. The highest BCUT2D eigenvalue weighted by atomic mass is 36.0. The summed E-state index contributed by atoms with van der Waals surface area (Å²) in [6.45, 7) is 23.9. The van der Waals surface area contributed by atoms with Gasteiger partial charge in [-0.15, -0.1) is 49.1 Å². The molecule has 2 aliphatic heterocycles. The van der Waals surface area contributed by atoms with Gasteiger partial charge in [0.15, 0.2) is 0 Å². The zero-order chi connectivity index (χ0) is 66.8. The third-order valence-electron chi connectivity index (χ3n) is 13.2. The molecule has 4 aromatic carbocycles. The molecule has 2 heterocycles. The Hall–Kier alpha value is -7.26. The second-order valence-corrected chi connectivity index (χ2v) is 26.6. The molecule has 2 saturated heterocycles. The van der Waals surface area contributed by atoms with Crippen molar-refractivity contribution in [2.75, 3.05) is 24.8 Å². The minimum Gasteiger partial charge on any atom is -0.478 e. The highest BCUT2D eigenvalue weighted by molar-refractivity contribution is 8.26. The Balaban J connectivity index is 0.000000497. The SMILES string of the molecule is C=CCNC(=O)C1N(C(=O)[C@@H](OC(C)=O)[C@H](Cc2ccccc2)NC(=O)c2cccc(OC(C)=O)c2C)CSC1(C)C.C=CCNC(=O)C1NCSC1(C)C.CC(=O)Oc1cccc(C(=O)N[C@@H](Cc2ccccc2)[C@H](OC(C)=O)C(=O)O)c1C.Cl.O=S(Cl)Cl. The summed E-state index contributed by atoms with van der Waals surface area (Å²) >= 11 is 3.20. The second-order valence-electron chi connectivity index (χ2n) is 20.9. The molecular formula is C62H77Cl3N6O16S3. The molecule has 6 atom stereocenters. The maximum atomic E-state index is 14.2. The number of nitrogens with one attached hydrogen (secondary N) is 5. The number of thioether (sulfide) groups is 2. The highest BCUT2D eigenvalue weighted by Crippen LogP contribution is 2.40. The molecular weight excluding hydrogens is 1290 g/mol. The molecule has 0 radical (unpaired) electrons. The number of aliphatic carboxylic acids is 1. The maximum Gasteiger partial charge on any atom is 0.347 e. The monoisotopic (exact) mass is 1360 g/mol. The van der Waals surface area contributed by atoms with Crippen molar-refractivity contribution in [3.63, 3.8) is 0 Å². The Labute approximate surface area is 550 Å². The van der Waals surface area contributed by atoms with Gasteiger partial charge in [-0.1, -0.05) is 84.9 Å². The molecule has 2 aliphatic rings. The molecule has 0 aliphatic carbocycles. The third-order valence-corrected chi connectivity index (χ3v) is 15.9. The van der Waals surface area contributed by atoms with Crippen LogP contribution in [0.4, 0.5) is 0 Å². The topological polar surface area (TPSA) is 308 Å². The lowest BCUT2D eigenvalue weighted by Gasteiger charge is -2.34. The number of hydrogen-bond acceptors (Lipinski definition) is 18. The van der Waals surface area contributed by atoms with Crippen LogP contribution in [0.25, 0.3) is 0 Å². The Morgan fingerprint density at radius 3 is 1.43 bits per heavy atom. The van der Waals surface area contributed by atoms with Crippen molar-refractivity contribution in [1.29, 1.82) is 0 Å². The van der Waals surface area contributed by atoms with Crippen molar-refractivity contribution in [3.05, 3.63) is 156 Å². The molecule has 0 aromatic heterocycles. The average Bonchev–Trinajstić information content (AvgIpc) is 1.72. The molecule has 0 bridgehead atoms. The summed E-state index contributed by atoms with van der Waals surface area (Å²) in [7, 11) is 7.36. The number of carbonyl (C=O) groups is 10. The Morgan fingerprint density at radius 2 is 1.06 bits per heavy atom. The van der Waals surface area contributed by atoms with Gasteiger partial charge in [0.1, 0.15) is 23.6 Å². The number of amides is 5. The number of halogens is 3. The average molecular weight is 1360 g/mol. The van der Waals surface area contributed by atoms with E-state index >= 15 is 0 Å². The zero-order valence-corrected chi connectivity index (χ0v) is 56.2. The minimum atomic E-state index is -1.67. The van der Waals surface area contributed by atoms with Gasteiger partial charge >= 0.3 is 29.8 Å². The van der Waals surface area contributed by atoms with Crippen LogP contribution >= 0.6 is 57.3 Å². The molecule has 90 heavy (non-hydrogen) atoms. The summed E-state index contributed by atoms with van der Waals surface area (Å²) in [5.74, 6) is -4.47. The fourth-order valence-corrected chi connectivity index (χ4v) is 11.2. The van der Waals surface area contributed by atoms with Crippen LogP contribution in [0, 0.1) is 13.8 Å². The van der Waals surface area contributed by atoms with Gasteiger partial charge in [0.05, 0.1) is 18.0 Å². The van der Waals surface area contributed by atoms with E-state index in [1.54, 1.807) is 92.4 Å². The van der Waals surface area contributed by atoms with E-state index in [9.17, 15) is 53.1 Å². The molecule has 4 aromatic rings. The lowest BCUT2D eigenvalue weighted by molar-refractivity contribution is -0.164. The molecule has 22 nitrogen and oxygen atoms in total. The summed E-state index contributed by atoms with van der Waals surface area (Å²) in [5, 5.41) is 23.8. The van der Waals surface area contributed by atoms with Gasteiger partial charge in [-0.2, -0.15) is 0 Å². The molecule has 2 fully saturated rings. The molecule has 2 unspecified atom stereocenters. The Kier molecular flexibility index (Phi) is 33.7. The van der Waals surface area contributed by atoms with E-state index < -0.39 is 91.9 Å². The first kappa shape index (κ1) is 78.8. The molecule has 6 N–H and O–H groups in total. The van der Waals surface area contributed by atoms with Gasteiger partial charge in [-0.25, -0.2) is 9.00 Å². The number of ether oxygens (including phenoxy) is 4. The van der Waals surface area contributed by atoms with Gasteiger partial charge in [0, 0.05) is 99.8 Å². The first-order valence-corrected chi connectivity index (χ1v) is 32.3. The number of rotatable bonds is 22. The number of hydrogen-bond donors (Lipinski definition) is 6. The molecule has 490 valence electrons. The summed E-state index contributed by atoms with van der Waals surface area (Å²) in [6.07, 6.45) is 0.491. The minimum absolute atomic E-state index is 0. The van der Waals surface area contributed by atoms with Gasteiger partial charge < -0.3 is 50.2 Å². The predicted molar refractivity (Wildman–Crippen MR) is 351 cm³/mol. The van der Waals surface area contributed by atoms with Gasteiger partial charge in [-0.3, -0.25) is 48.5 Å². The predicted octanol–water partition coefficient (Wildman–Crippen LogP) is 7.65. The van der Waals surface area contributed by atoms with E-state index in [1.165, 1.54) is 43.5 Å². The van der Waals surface area contributed by atoms with Crippen LogP contribution in [-0.2, 0) is 69.9 Å². The molecule has 6 rings (SSSR count). The number of nitrogens with zero attached hydrogens (tertiary/aromatic N) is 1. The van der Waals surface area contributed by atoms with Crippen LogP contribution in [0.2, 0.25) is 0 Å². The second kappa shape index (κ2) is 38.4. The number of benzene rings is 4. The van der Waals surface area contributed by atoms with Crippen molar-refractivity contribution in [2.24, 2.45) is 0 Å². The quantitative estimate of drug-likeness (QED) is 0.0190. The number of carboxylic acid groups (broad SMARTS) is 1. The fourth-order valence-electron chi connectivity index (χ4n) is 9.08. The van der Waals surface area contributed by atoms with E-state index in [0.717, 1.165) is 23.9 Å². The van der Waals surface area contributed by atoms with E-state index in [0.29, 0.717) is 17.7 Å². The fraction of sp³-hybridized carbons (Fsp3) is 0.387. The van der Waals surface area contributed by atoms with Crippen molar-refractivity contribution >= 4 is 126 Å². The van der Waals surface area contributed by atoms with Crippen LogP contribution in [0.1, 0.15) is 98.4 Å². The molecule has 28 heteroatoms. The van der Waals surface area contributed by atoms with Crippen molar-refractivity contribution < 1.29 is 76.2 Å². The van der Waals surface area contributed by atoms with E-state index in [-0.39, 0.29) is 82.9 Å². The summed E-state index contributed by atoms with van der Waals surface area (Å²) in [4.78, 5) is 125. The maximum absolute atomic E-state index is 14.2. The van der Waals surface area contributed by atoms with Crippen molar-refractivity contribution in [3.8, 4) is 11.5 Å². The highest BCUT2D eigenvalue weighted by Gasteiger charge is 2.51. The summed E-state index contributed by atoms with van der Waals surface area (Å²) < 4.78 is 29.3. The summed E-state index contributed by atoms with van der Waals surface area (Å²) in [6, 6.07) is 24.4. The lowest BCUT2D eigenvalue weighted by atomic mass is 9.96. The standard InChI is InChI=1S/C31H37N3O7S.C22H23NO7.C9H16N2OS.Cl2OS.ClH/c1-7-16-32-29(38)27-31(5,6)42-18-34(27)30(39)26(41-21(4)36)24(17-22-12-9-8-10-13-22)33-28(37)23-14-11-15-25(19(23)2)40-20(3)35;1-13-17(10-7-11-19(13)29-14(2)24)21(26)23-18(12-16-8-5-4-6-9-16)20(22(27)28)30-15(3)25;1-4-5-10-8(12)7-9(2,3)13-6-11-7;1-4(2)3;/h7-15,24,26-27H,1,16-18H2,2-6H3,(H,32,38)(H,33,37);4-11,18,20H,12H2,1-3H3,(H,23,26)(H,27,28);4,7,11H,1,5-6H2,2-3H3,(H,10,12);;1H/t24-,26-,27?;18-,20-;;;/m00.../s1. The van der Waals surface area contributed by atoms with Gasteiger partial charge in [0.2, 0.25) is 33.2 Å². The van der Waals surface area contributed by atoms with Crippen molar-refractivity contribution in [1.82, 2.24) is 31.5 Å². The number of esters is 4. The molecule has 5 amide bonds. The molecule has 0 saturated carbocycles. The normalized spacial score (nSPS) is 16.1. The van der Waals surface area contributed by atoms with Gasteiger partial charge in [0.25, 0.3) is 17.7 Å². The van der Waals surface area contributed by atoms with Crippen LogP contribution in [0.3, 0.4) is 0 Å². The van der Waals surface area contributed by atoms with E-state index in [2.05, 4.69) is 75.0 Å². The van der Waals surface area contributed by atoms with Crippen LogP contribution < -0.4 is 36.1 Å².